The highest BCUT2D eigenvalue weighted by Crippen LogP contribution is 2.07. The van der Waals surface area contributed by atoms with Gasteiger partial charge in [0.15, 0.2) is 0 Å². The van der Waals surface area contributed by atoms with Crippen LogP contribution in [0.3, 0.4) is 0 Å². The maximum atomic E-state index is 11.4. The lowest BCUT2D eigenvalue weighted by Gasteiger charge is -2.07. The van der Waals surface area contributed by atoms with Gasteiger partial charge in [0, 0.05) is 19.0 Å². The topological polar surface area (TPSA) is 95.1 Å². The number of hydrogen-bond acceptors (Lipinski definition) is 4. The number of carboxylic acid groups (broad SMARTS) is 1. The zero-order valence-electron chi connectivity index (χ0n) is 11.0. The van der Waals surface area contributed by atoms with Crippen molar-refractivity contribution in [3.8, 4) is 0 Å². The van der Waals surface area contributed by atoms with Gasteiger partial charge in [0.05, 0.1) is 5.56 Å². The lowest BCUT2D eigenvalue weighted by Crippen LogP contribution is -2.13. The Morgan fingerprint density at radius 3 is 2.65 bits per heavy atom. The quantitative estimate of drug-likeness (QED) is 0.769. The van der Waals surface area contributed by atoms with Gasteiger partial charge in [-0.25, -0.2) is 9.78 Å². The highest BCUT2D eigenvalue weighted by Gasteiger charge is 2.03. The van der Waals surface area contributed by atoms with Gasteiger partial charge in [0.2, 0.25) is 0 Å². The Morgan fingerprint density at radius 2 is 2.05 bits per heavy atom. The molecule has 104 valence electrons. The van der Waals surface area contributed by atoms with Crippen LogP contribution in [0.25, 0.3) is 0 Å². The third-order valence-electron chi connectivity index (χ3n) is 2.80. The van der Waals surface area contributed by atoms with E-state index < -0.39 is 5.97 Å². The van der Waals surface area contributed by atoms with Crippen molar-refractivity contribution >= 4 is 11.8 Å². The number of hydrogen-bond donors (Lipinski definition) is 3. The third kappa shape index (κ3) is 3.44. The molecule has 6 heteroatoms. The molecule has 0 saturated heterocycles. The van der Waals surface area contributed by atoms with Crippen molar-refractivity contribution in [3.63, 3.8) is 0 Å². The molecule has 0 saturated carbocycles. The van der Waals surface area contributed by atoms with Crippen LogP contribution < -0.4 is 10.9 Å². The largest absolute Gasteiger partial charge is 0.478 e. The van der Waals surface area contributed by atoms with E-state index in [-0.39, 0.29) is 11.1 Å². The number of benzene rings is 1. The summed E-state index contributed by atoms with van der Waals surface area (Å²) >= 11 is 0. The van der Waals surface area contributed by atoms with Crippen molar-refractivity contribution in [1.82, 2.24) is 9.97 Å². The molecule has 6 nitrogen and oxygen atoms in total. The predicted octanol–water partition coefficient (Wildman–Crippen LogP) is 1.64. The van der Waals surface area contributed by atoms with Gasteiger partial charge in [-0.1, -0.05) is 19.1 Å². The van der Waals surface area contributed by atoms with Gasteiger partial charge in [0.1, 0.15) is 11.6 Å². The number of rotatable bonds is 5. The molecule has 0 fully saturated rings. The molecule has 2 rings (SSSR count). The molecule has 2 aromatic rings. The first-order chi connectivity index (χ1) is 9.58. The number of carboxylic acids is 1. The maximum absolute atomic E-state index is 11.4. The number of carbonyl (C=O) groups is 1. The van der Waals surface area contributed by atoms with Crippen LogP contribution in [0.15, 0.2) is 35.1 Å². The molecule has 0 aliphatic carbocycles. The van der Waals surface area contributed by atoms with Gasteiger partial charge < -0.3 is 15.4 Å². The third-order valence-corrected chi connectivity index (χ3v) is 2.80. The molecular formula is C14H15N3O3. The zero-order chi connectivity index (χ0) is 14.5. The Morgan fingerprint density at radius 1 is 1.35 bits per heavy atom. The minimum Gasteiger partial charge on any atom is -0.478 e. The summed E-state index contributed by atoms with van der Waals surface area (Å²) in [4.78, 5) is 29.0. The van der Waals surface area contributed by atoms with Crippen LogP contribution in [0.2, 0.25) is 0 Å². The van der Waals surface area contributed by atoms with Crippen LogP contribution in [0.1, 0.15) is 28.7 Å². The number of aromatic nitrogens is 2. The first-order valence-electron chi connectivity index (χ1n) is 6.25. The zero-order valence-corrected chi connectivity index (χ0v) is 11.0. The van der Waals surface area contributed by atoms with Gasteiger partial charge >= 0.3 is 5.97 Å². The average Bonchev–Trinajstić information content (AvgIpc) is 2.45. The van der Waals surface area contributed by atoms with Gasteiger partial charge in [-0.05, 0) is 17.7 Å². The van der Waals surface area contributed by atoms with Crippen molar-refractivity contribution < 1.29 is 9.90 Å². The van der Waals surface area contributed by atoms with Gasteiger partial charge in [-0.3, -0.25) is 4.79 Å². The second kappa shape index (κ2) is 6.01. The predicted molar refractivity (Wildman–Crippen MR) is 75.0 cm³/mol. The van der Waals surface area contributed by atoms with Crippen molar-refractivity contribution in [3.05, 3.63) is 57.6 Å². The van der Waals surface area contributed by atoms with Gasteiger partial charge in [0.25, 0.3) is 5.56 Å². The average molecular weight is 273 g/mol. The molecule has 0 spiro atoms. The highest BCUT2D eigenvalue weighted by molar-refractivity contribution is 5.87. The van der Waals surface area contributed by atoms with Crippen LogP contribution in [0.5, 0.6) is 0 Å². The van der Waals surface area contributed by atoms with E-state index in [0.29, 0.717) is 24.6 Å². The lowest BCUT2D eigenvalue weighted by atomic mass is 10.1. The van der Waals surface area contributed by atoms with Crippen LogP contribution in [-0.2, 0) is 13.0 Å². The Balaban J connectivity index is 2.06. The molecule has 0 aliphatic heterocycles. The first kappa shape index (κ1) is 13.8. The number of nitrogens with one attached hydrogen (secondary N) is 2. The van der Waals surface area contributed by atoms with E-state index in [1.807, 2.05) is 6.92 Å². The second-order valence-corrected chi connectivity index (χ2v) is 4.29. The molecule has 0 aliphatic rings. The Kier molecular flexibility index (Phi) is 4.14. The number of aromatic carboxylic acids is 1. The summed E-state index contributed by atoms with van der Waals surface area (Å²) in [7, 11) is 0. The molecule has 0 amide bonds. The van der Waals surface area contributed by atoms with E-state index in [1.165, 1.54) is 6.07 Å². The Labute approximate surface area is 115 Å². The van der Waals surface area contributed by atoms with Crippen molar-refractivity contribution in [2.75, 3.05) is 5.32 Å². The number of aromatic amines is 1. The van der Waals surface area contributed by atoms with Crippen molar-refractivity contribution in [2.45, 2.75) is 19.9 Å². The number of H-pyrrole nitrogens is 1. The van der Waals surface area contributed by atoms with Gasteiger partial charge in [-0.2, -0.15) is 0 Å². The lowest BCUT2D eigenvalue weighted by molar-refractivity contribution is 0.0697. The smallest absolute Gasteiger partial charge is 0.335 e. The van der Waals surface area contributed by atoms with Crippen LogP contribution in [0, 0.1) is 0 Å². The number of anilines is 1. The first-order valence-corrected chi connectivity index (χ1v) is 6.25. The molecule has 3 N–H and O–H groups in total. The van der Waals surface area contributed by atoms with Crippen LogP contribution in [0.4, 0.5) is 5.82 Å². The van der Waals surface area contributed by atoms with E-state index >= 15 is 0 Å². The summed E-state index contributed by atoms with van der Waals surface area (Å²) in [6.07, 6.45) is 0.651. The fourth-order valence-electron chi connectivity index (χ4n) is 1.72. The van der Waals surface area contributed by atoms with E-state index in [2.05, 4.69) is 15.3 Å². The number of nitrogens with zero attached hydrogens (tertiary/aromatic N) is 1. The minimum absolute atomic E-state index is 0.194. The molecule has 20 heavy (non-hydrogen) atoms. The molecule has 1 aromatic heterocycles. The molecule has 1 heterocycles. The second-order valence-electron chi connectivity index (χ2n) is 4.29. The molecular weight excluding hydrogens is 258 g/mol. The monoisotopic (exact) mass is 273 g/mol. The van der Waals surface area contributed by atoms with E-state index in [1.54, 1.807) is 24.3 Å². The Bertz CT molecular complexity index is 662. The fourth-order valence-corrected chi connectivity index (χ4v) is 1.72. The fraction of sp³-hybridized carbons (Fsp3) is 0.214. The summed E-state index contributed by atoms with van der Waals surface area (Å²) in [5.41, 5.74) is 0.965. The summed E-state index contributed by atoms with van der Waals surface area (Å²) in [5.74, 6) is 0.183. The minimum atomic E-state index is -0.951. The van der Waals surface area contributed by atoms with Crippen LogP contribution >= 0.6 is 0 Å². The highest BCUT2D eigenvalue weighted by atomic mass is 16.4. The van der Waals surface area contributed by atoms with E-state index in [0.717, 1.165) is 5.56 Å². The summed E-state index contributed by atoms with van der Waals surface area (Å²) in [5, 5.41) is 11.9. The summed E-state index contributed by atoms with van der Waals surface area (Å²) in [6, 6.07) is 7.93. The summed E-state index contributed by atoms with van der Waals surface area (Å²) < 4.78 is 0. The maximum Gasteiger partial charge on any atom is 0.335 e. The standard InChI is InChI=1S/C14H15N3O3/c1-2-11-16-12(7-13(18)17-11)15-8-9-3-5-10(6-4-9)14(19)20/h3-7H,2,8H2,1H3,(H,19,20)(H2,15,16,17,18). The number of aryl methyl sites for hydroxylation is 1. The van der Waals surface area contributed by atoms with Crippen molar-refractivity contribution in [2.24, 2.45) is 0 Å². The Hall–Kier alpha value is -2.63. The van der Waals surface area contributed by atoms with E-state index in [4.69, 9.17) is 5.11 Å². The molecule has 0 atom stereocenters. The molecule has 0 radical (unpaired) electrons. The molecule has 0 unspecified atom stereocenters. The van der Waals surface area contributed by atoms with Crippen LogP contribution in [-0.4, -0.2) is 21.0 Å². The molecule has 0 bridgehead atoms. The van der Waals surface area contributed by atoms with Crippen molar-refractivity contribution in [1.29, 1.82) is 0 Å². The van der Waals surface area contributed by atoms with E-state index in [9.17, 15) is 9.59 Å². The SMILES string of the molecule is CCc1nc(NCc2ccc(C(=O)O)cc2)cc(=O)[nH]1. The summed E-state index contributed by atoms with van der Waals surface area (Å²) in [6.45, 7) is 2.38. The van der Waals surface area contributed by atoms with Gasteiger partial charge in [-0.15, -0.1) is 0 Å². The normalized spacial score (nSPS) is 10.2. The molecule has 1 aromatic carbocycles.